The van der Waals surface area contributed by atoms with Gasteiger partial charge in [-0.1, -0.05) is 13.3 Å². The number of carbonyl (C=O) groups is 3. The number of amides is 3. The lowest BCUT2D eigenvalue weighted by Gasteiger charge is -2.30. The number of nitrogens with zero attached hydrogens (tertiary/aromatic N) is 5. The molecule has 3 aliphatic heterocycles. The van der Waals surface area contributed by atoms with Crippen molar-refractivity contribution in [1.29, 1.82) is 0 Å². The van der Waals surface area contributed by atoms with Gasteiger partial charge in [-0.2, -0.15) is 0 Å². The van der Waals surface area contributed by atoms with Gasteiger partial charge in [0.15, 0.2) is 11.5 Å². The van der Waals surface area contributed by atoms with Crippen LogP contribution in [-0.4, -0.2) is 141 Å². The predicted molar refractivity (Wildman–Crippen MR) is 162 cm³/mol. The summed E-state index contributed by atoms with van der Waals surface area (Å²) in [5, 5.41) is 10.6. The molecule has 0 radical (unpaired) electrons. The molecule has 12 heteroatoms. The van der Waals surface area contributed by atoms with Gasteiger partial charge in [-0.05, 0) is 64.0 Å². The van der Waals surface area contributed by atoms with Gasteiger partial charge >= 0.3 is 12.0 Å². The molecule has 240 valence electrons. The molecule has 0 aromatic heterocycles. The molecule has 43 heavy (non-hydrogen) atoms. The number of carbonyl (C=O) groups excluding carboxylic acids is 2. The Hall–Kier alpha value is -3.25. The SMILES string of the molecule is CCCCN(CCCCN(C)C)C(=O)CN1C[C@H](c2cc(OC)c3c(c2)OCO3)[C@@H](C(=O)O)[C@@H]1CCN1CCN(C)C1=O. The van der Waals surface area contributed by atoms with Gasteiger partial charge in [0.2, 0.25) is 18.4 Å². The Morgan fingerprint density at radius 1 is 1.09 bits per heavy atom. The number of aliphatic carboxylic acids is 1. The van der Waals surface area contributed by atoms with Gasteiger partial charge < -0.3 is 38.9 Å². The maximum Gasteiger partial charge on any atom is 0.319 e. The number of hydrogen-bond acceptors (Lipinski definition) is 8. The van der Waals surface area contributed by atoms with Crippen molar-refractivity contribution < 1.29 is 33.7 Å². The summed E-state index contributed by atoms with van der Waals surface area (Å²) in [4.78, 5) is 48.9. The Balaban J connectivity index is 1.58. The van der Waals surface area contributed by atoms with Crippen molar-refractivity contribution >= 4 is 17.9 Å². The second kappa shape index (κ2) is 15.0. The van der Waals surface area contributed by atoms with Crippen LogP contribution in [0.25, 0.3) is 0 Å². The van der Waals surface area contributed by atoms with E-state index in [1.165, 1.54) is 0 Å². The molecule has 0 saturated carbocycles. The molecular weight excluding hydrogens is 554 g/mol. The molecule has 0 unspecified atom stereocenters. The Kier molecular flexibility index (Phi) is 11.4. The summed E-state index contributed by atoms with van der Waals surface area (Å²) >= 11 is 0. The molecule has 3 aliphatic rings. The second-order valence-electron chi connectivity index (χ2n) is 12.1. The first-order valence-electron chi connectivity index (χ1n) is 15.5. The van der Waals surface area contributed by atoms with E-state index in [0.717, 1.165) is 37.8 Å². The minimum absolute atomic E-state index is 0.0216. The van der Waals surface area contributed by atoms with Crippen LogP contribution in [0.1, 0.15) is 50.5 Å². The van der Waals surface area contributed by atoms with E-state index in [0.29, 0.717) is 62.9 Å². The average Bonchev–Trinajstić information content (AvgIpc) is 3.68. The van der Waals surface area contributed by atoms with Crippen LogP contribution < -0.4 is 14.2 Å². The highest BCUT2D eigenvalue weighted by molar-refractivity contribution is 5.79. The van der Waals surface area contributed by atoms with Crippen LogP contribution >= 0.6 is 0 Å². The number of unbranched alkanes of at least 4 members (excludes halogenated alkanes) is 2. The molecule has 3 heterocycles. The summed E-state index contributed by atoms with van der Waals surface area (Å²) in [6.45, 7) is 6.76. The van der Waals surface area contributed by atoms with Crippen molar-refractivity contribution in [3.8, 4) is 17.2 Å². The van der Waals surface area contributed by atoms with E-state index in [2.05, 4.69) is 11.8 Å². The standard InChI is InChI=1S/C31H49N5O7/c1-6-7-12-34(13-9-8-11-32(2)3)27(37)20-36-19-23(22-17-25(41-5)29-26(18-22)42-21-43-29)28(30(38)39)24(36)10-14-35-16-15-33(4)31(35)40/h17-18,23-24,28H,6-16,19-21H2,1-5H3,(H,38,39)/t23-,24+,28-/m1/s1. The molecule has 1 N–H and O–H groups in total. The quantitative estimate of drug-likeness (QED) is 0.285. The maximum absolute atomic E-state index is 13.8. The fraction of sp³-hybridized carbons (Fsp3) is 0.710. The second-order valence-corrected chi connectivity index (χ2v) is 12.1. The summed E-state index contributed by atoms with van der Waals surface area (Å²) in [6.07, 6.45) is 4.29. The molecule has 0 spiro atoms. The molecule has 2 saturated heterocycles. The van der Waals surface area contributed by atoms with Crippen molar-refractivity contribution in [2.75, 3.05) is 87.4 Å². The smallest absolute Gasteiger partial charge is 0.319 e. The van der Waals surface area contributed by atoms with Gasteiger partial charge in [0.05, 0.1) is 19.6 Å². The zero-order valence-corrected chi connectivity index (χ0v) is 26.4. The summed E-state index contributed by atoms with van der Waals surface area (Å²) in [6, 6.07) is 3.19. The number of carboxylic acids is 1. The Bertz CT molecular complexity index is 1130. The van der Waals surface area contributed by atoms with E-state index >= 15 is 0 Å². The van der Waals surface area contributed by atoms with E-state index in [1.54, 1.807) is 24.0 Å². The number of ether oxygens (including phenoxy) is 3. The molecule has 12 nitrogen and oxygen atoms in total. The normalized spacial score (nSPS) is 21.7. The van der Waals surface area contributed by atoms with Crippen LogP contribution in [0, 0.1) is 5.92 Å². The minimum atomic E-state index is -0.919. The molecule has 3 atom stereocenters. The topological polar surface area (TPSA) is 115 Å². The van der Waals surface area contributed by atoms with Crippen molar-refractivity contribution in [3.05, 3.63) is 17.7 Å². The maximum atomic E-state index is 13.8. The molecule has 0 aliphatic carbocycles. The van der Waals surface area contributed by atoms with Gasteiger partial charge in [0.25, 0.3) is 0 Å². The van der Waals surface area contributed by atoms with Gasteiger partial charge in [-0.3, -0.25) is 14.5 Å². The largest absolute Gasteiger partial charge is 0.493 e. The van der Waals surface area contributed by atoms with Crippen molar-refractivity contribution in [2.24, 2.45) is 5.92 Å². The van der Waals surface area contributed by atoms with Gasteiger partial charge in [-0.25, -0.2) is 4.79 Å². The van der Waals surface area contributed by atoms with E-state index in [4.69, 9.17) is 14.2 Å². The first-order chi connectivity index (χ1) is 20.6. The number of likely N-dealkylation sites (tertiary alicyclic amines) is 1. The van der Waals surface area contributed by atoms with E-state index in [9.17, 15) is 19.5 Å². The molecular formula is C31H49N5O7. The van der Waals surface area contributed by atoms with Crippen molar-refractivity contribution in [2.45, 2.75) is 51.0 Å². The highest BCUT2D eigenvalue weighted by atomic mass is 16.7. The molecule has 0 bridgehead atoms. The first-order valence-corrected chi connectivity index (χ1v) is 15.5. The highest BCUT2D eigenvalue weighted by Crippen LogP contribution is 2.47. The fourth-order valence-corrected chi connectivity index (χ4v) is 6.47. The minimum Gasteiger partial charge on any atom is -0.493 e. The van der Waals surface area contributed by atoms with Gasteiger partial charge in [0.1, 0.15) is 0 Å². The van der Waals surface area contributed by atoms with Crippen LogP contribution in [0.4, 0.5) is 4.79 Å². The Labute approximate surface area is 255 Å². The van der Waals surface area contributed by atoms with Crippen LogP contribution in [0.5, 0.6) is 17.2 Å². The number of rotatable bonds is 16. The average molecular weight is 604 g/mol. The fourth-order valence-electron chi connectivity index (χ4n) is 6.47. The molecule has 1 aromatic carbocycles. The predicted octanol–water partition coefficient (Wildman–Crippen LogP) is 2.62. The lowest BCUT2D eigenvalue weighted by atomic mass is 9.84. The summed E-state index contributed by atoms with van der Waals surface area (Å²) < 4.78 is 16.8. The van der Waals surface area contributed by atoms with Crippen LogP contribution in [-0.2, 0) is 9.59 Å². The molecule has 4 rings (SSSR count). The zero-order chi connectivity index (χ0) is 31.1. The van der Waals surface area contributed by atoms with Crippen LogP contribution in [0.2, 0.25) is 0 Å². The van der Waals surface area contributed by atoms with E-state index in [1.807, 2.05) is 36.0 Å². The third-order valence-electron chi connectivity index (χ3n) is 8.90. The summed E-state index contributed by atoms with van der Waals surface area (Å²) in [7, 11) is 7.42. The van der Waals surface area contributed by atoms with Crippen molar-refractivity contribution in [3.63, 3.8) is 0 Å². The number of methoxy groups -OCH3 is 1. The third kappa shape index (κ3) is 7.83. The number of carboxylic acid groups (broad SMARTS) is 1. The summed E-state index contributed by atoms with van der Waals surface area (Å²) in [5.74, 6) is -0.547. The third-order valence-corrected chi connectivity index (χ3v) is 8.90. The summed E-state index contributed by atoms with van der Waals surface area (Å²) in [5.41, 5.74) is 0.775. The highest BCUT2D eigenvalue weighted by Gasteiger charge is 2.48. The number of likely N-dealkylation sites (N-methyl/N-ethyl adjacent to an activating group) is 1. The Morgan fingerprint density at radius 2 is 1.84 bits per heavy atom. The number of fused-ring (bicyclic) bond motifs is 1. The van der Waals surface area contributed by atoms with Crippen LogP contribution in [0.3, 0.4) is 0 Å². The lowest BCUT2D eigenvalue weighted by molar-refractivity contribution is -0.144. The lowest BCUT2D eigenvalue weighted by Crippen LogP contribution is -2.46. The Morgan fingerprint density at radius 3 is 2.49 bits per heavy atom. The molecule has 2 fully saturated rings. The number of benzene rings is 1. The number of urea groups is 1. The van der Waals surface area contributed by atoms with Gasteiger partial charge in [-0.15, -0.1) is 0 Å². The number of hydrogen-bond donors (Lipinski definition) is 1. The van der Waals surface area contributed by atoms with E-state index < -0.39 is 23.8 Å². The zero-order valence-electron chi connectivity index (χ0n) is 26.4. The molecule has 1 aromatic rings. The first kappa shape index (κ1) is 32.7. The monoisotopic (exact) mass is 603 g/mol. The van der Waals surface area contributed by atoms with Crippen molar-refractivity contribution in [1.82, 2.24) is 24.5 Å². The van der Waals surface area contributed by atoms with Crippen LogP contribution in [0.15, 0.2) is 12.1 Å². The van der Waals surface area contributed by atoms with E-state index in [-0.39, 0.29) is 25.3 Å². The molecule has 3 amide bonds. The van der Waals surface area contributed by atoms with Gasteiger partial charge in [0, 0.05) is 58.3 Å².